The molecule has 6 nitrogen and oxygen atoms in total. The quantitative estimate of drug-likeness (QED) is 0.406. The van der Waals surface area contributed by atoms with E-state index in [1.807, 2.05) is 20.8 Å². The van der Waals surface area contributed by atoms with Crippen LogP contribution in [0.25, 0.3) is 0 Å². The van der Waals surface area contributed by atoms with Crippen molar-refractivity contribution in [2.45, 2.75) is 71.8 Å². The van der Waals surface area contributed by atoms with E-state index in [-0.39, 0.29) is 23.7 Å². The van der Waals surface area contributed by atoms with Crippen molar-refractivity contribution in [2.24, 2.45) is 5.73 Å². The van der Waals surface area contributed by atoms with Crippen LogP contribution in [-0.4, -0.2) is 43.0 Å². The molecule has 0 radical (unpaired) electrons. The molecular formula is C21H37N3O3. The third-order valence-electron chi connectivity index (χ3n) is 3.90. The van der Waals surface area contributed by atoms with Crippen LogP contribution in [0, 0.1) is 0 Å². The maximum atomic E-state index is 12.3. The Morgan fingerprint density at radius 1 is 1.19 bits per heavy atom. The maximum absolute atomic E-state index is 12.3. The van der Waals surface area contributed by atoms with Crippen molar-refractivity contribution < 1.29 is 14.3 Å². The third-order valence-corrected chi connectivity index (χ3v) is 3.90. The summed E-state index contributed by atoms with van der Waals surface area (Å²) in [6, 6.07) is 7.08. The first-order chi connectivity index (χ1) is 12.5. The zero-order chi connectivity index (χ0) is 20.5. The molecule has 0 heterocycles. The summed E-state index contributed by atoms with van der Waals surface area (Å²) in [6.07, 6.45) is 1.70. The van der Waals surface area contributed by atoms with Gasteiger partial charge in [0.25, 0.3) is 5.91 Å². The lowest BCUT2D eigenvalue weighted by Gasteiger charge is -2.26. The van der Waals surface area contributed by atoms with Crippen molar-refractivity contribution in [1.82, 2.24) is 10.6 Å². The molecule has 0 bridgehead atoms. The highest BCUT2D eigenvalue weighted by atomic mass is 16.6. The standard InChI is InChI=1S/C21H37N3O3/c1-7-11-21(5,6)24-13-12-23-19(25)16-9-8-10-17(14-16)26-15-18(22)27-20(2,3)4/h8-10,14,18,24H,7,11-13,15,22H2,1-6H3,(H,23,25). The first-order valence-electron chi connectivity index (χ1n) is 9.72. The van der Waals surface area contributed by atoms with Gasteiger partial charge in [0.05, 0.1) is 5.60 Å². The minimum Gasteiger partial charge on any atom is -0.489 e. The lowest BCUT2D eigenvalue weighted by Crippen LogP contribution is -2.43. The number of hydrogen-bond donors (Lipinski definition) is 3. The van der Waals surface area contributed by atoms with Crippen LogP contribution in [0.15, 0.2) is 24.3 Å². The van der Waals surface area contributed by atoms with Gasteiger partial charge in [0.15, 0.2) is 0 Å². The van der Waals surface area contributed by atoms with Crippen LogP contribution in [-0.2, 0) is 4.74 Å². The number of ether oxygens (including phenoxy) is 2. The van der Waals surface area contributed by atoms with E-state index in [0.29, 0.717) is 17.9 Å². The van der Waals surface area contributed by atoms with E-state index in [4.69, 9.17) is 15.2 Å². The highest BCUT2D eigenvalue weighted by Crippen LogP contribution is 2.15. The average molecular weight is 380 g/mol. The van der Waals surface area contributed by atoms with Crippen LogP contribution in [0.3, 0.4) is 0 Å². The van der Waals surface area contributed by atoms with Crippen LogP contribution in [0.2, 0.25) is 0 Å². The second-order valence-electron chi connectivity index (χ2n) is 8.42. The van der Waals surface area contributed by atoms with Gasteiger partial charge in [-0.25, -0.2) is 0 Å². The number of amides is 1. The minimum atomic E-state index is -0.528. The first-order valence-corrected chi connectivity index (χ1v) is 9.72. The normalized spacial score (nSPS) is 13.3. The summed E-state index contributed by atoms with van der Waals surface area (Å²) in [5, 5.41) is 6.39. The smallest absolute Gasteiger partial charge is 0.251 e. The molecule has 0 aliphatic heterocycles. The van der Waals surface area contributed by atoms with Gasteiger partial charge in [-0.2, -0.15) is 0 Å². The summed E-state index contributed by atoms with van der Waals surface area (Å²) < 4.78 is 11.3. The van der Waals surface area contributed by atoms with Crippen molar-refractivity contribution in [3.8, 4) is 5.75 Å². The van der Waals surface area contributed by atoms with Gasteiger partial charge in [0.1, 0.15) is 18.6 Å². The molecular weight excluding hydrogens is 342 g/mol. The van der Waals surface area contributed by atoms with E-state index in [1.165, 1.54) is 0 Å². The fourth-order valence-electron chi connectivity index (χ4n) is 2.79. The maximum Gasteiger partial charge on any atom is 0.251 e. The monoisotopic (exact) mass is 379 g/mol. The molecule has 0 spiro atoms. The van der Waals surface area contributed by atoms with E-state index in [1.54, 1.807) is 24.3 Å². The number of benzene rings is 1. The summed E-state index contributed by atoms with van der Waals surface area (Å²) in [5.41, 5.74) is 6.23. The van der Waals surface area contributed by atoms with Crippen LogP contribution < -0.4 is 21.1 Å². The third kappa shape index (κ3) is 10.3. The van der Waals surface area contributed by atoms with E-state index >= 15 is 0 Å². The van der Waals surface area contributed by atoms with Crippen LogP contribution in [0.4, 0.5) is 0 Å². The SMILES string of the molecule is CCCC(C)(C)NCCNC(=O)c1cccc(OCC(N)OC(C)(C)C)c1. The Morgan fingerprint density at radius 2 is 1.89 bits per heavy atom. The number of nitrogens with one attached hydrogen (secondary N) is 2. The zero-order valence-corrected chi connectivity index (χ0v) is 17.7. The predicted molar refractivity (Wildman–Crippen MR) is 110 cm³/mol. The first kappa shape index (κ1) is 23.4. The van der Waals surface area contributed by atoms with Gasteiger partial charge in [-0.3, -0.25) is 4.79 Å². The molecule has 1 aromatic carbocycles. The molecule has 0 saturated heterocycles. The number of hydrogen-bond acceptors (Lipinski definition) is 5. The molecule has 27 heavy (non-hydrogen) atoms. The van der Waals surface area contributed by atoms with E-state index < -0.39 is 6.23 Å². The Hall–Kier alpha value is -1.63. The molecule has 154 valence electrons. The summed E-state index contributed by atoms with van der Waals surface area (Å²) in [5.74, 6) is 0.476. The van der Waals surface area contributed by atoms with Crippen LogP contribution >= 0.6 is 0 Å². The van der Waals surface area contributed by atoms with Gasteiger partial charge in [-0.05, 0) is 59.2 Å². The lowest BCUT2D eigenvalue weighted by molar-refractivity contribution is -0.0726. The van der Waals surface area contributed by atoms with Gasteiger partial charge in [0, 0.05) is 24.2 Å². The fraction of sp³-hybridized carbons (Fsp3) is 0.667. The molecule has 1 atom stereocenters. The minimum absolute atomic E-state index is 0.0844. The second-order valence-corrected chi connectivity index (χ2v) is 8.42. The summed E-state index contributed by atoms with van der Waals surface area (Å²) in [7, 11) is 0. The zero-order valence-electron chi connectivity index (χ0n) is 17.7. The Morgan fingerprint density at radius 3 is 2.52 bits per heavy atom. The summed E-state index contributed by atoms with van der Waals surface area (Å²) in [4.78, 5) is 12.3. The van der Waals surface area contributed by atoms with E-state index in [9.17, 15) is 4.79 Å². The Bertz CT molecular complexity index is 582. The predicted octanol–water partition coefficient (Wildman–Crippen LogP) is 3.06. The fourth-order valence-corrected chi connectivity index (χ4v) is 2.79. The molecule has 0 aliphatic rings. The van der Waals surface area contributed by atoms with Crippen molar-refractivity contribution in [2.75, 3.05) is 19.7 Å². The molecule has 6 heteroatoms. The van der Waals surface area contributed by atoms with Crippen molar-refractivity contribution in [3.05, 3.63) is 29.8 Å². The van der Waals surface area contributed by atoms with Crippen molar-refractivity contribution in [1.29, 1.82) is 0 Å². The molecule has 1 aromatic rings. The molecule has 0 saturated carbocycles. The highest BCUT2D eigenvalue weighted by Gasteiger charge is 2.17. The van der Waals surface area contributed by atoms with Crippen LogP contribution in [0.5, 0.6) is 5.75 Å². The van der Waals surface area contributed by atoms with Crippen LogP contribution in [0.1, 0.15) is 64.7 Å². The number of nitrogens with two attached hydrogens (primary N) is 1. The van der Waals surface area contributed by atoms with Gasteiger partial charge < -0.3 is 25.8 Å². The van der Waals surface area contributed by atoms with E-state index in [2.05, 4.69) is 31.4 Å². The average Bonchev–Trinajstić information content (AvgIpc) is 2.55. The van der Waals surface area contributed by atoms with Gasteiger partial charge in [0.2, 0.25) is 0 Å². The molecule has 1 amide bonds. The largest absolute Gasteiger partial charge is 0.489 e. The Kier molecular flexibility index (Phi) is 9.22. The van der Waals surface area contributed by atoms with Crippen molar-refractivity contribution in [3.63, 3.8) is 0 Å². The molecule has 1 rings (SSSR count). The molecule has 1 unspecified atom stereocenters. The summed E-state index contributed by atoms with van der Waals surface area (Å²) >= 11 is 0. The van der Waals surface area contributed by atoms with Gasteiger partial charge in [-0.1, -0.05) is 19.4 Å². The number of carbonyl (C=O) groups is 1. The lowest BCUT2D eigenvalue weighted by atomic mass is 9.99. The molecule has 0 aliphatic carbocycles. The number of carbonyl (C=O) groups excluding carboxylic acids is 1. The summed E-state index contributed by atoms with van der Waals surface area (Å²) in [6.45, 7) is 13.9. The van der Waals surface area contributed by atoms with Gasteiger partial charge in [-0.15, -0.1) is 0 Å². The highest BCUT2D eigenvalue weighted by molar-refractivity contribution is 5.94. The Balaban J connectivity index is 2.45. The Labute approximate surface area is 164 Å². The molecule has 0 aromatic heterocycles. The van der Waals surface area contributed by atoms with E-state index in [0.717, 1.165) is 19.4 Å². The number of rotatable bonds is 11. The topological polar surface area (TPSA) is 85.6 Å². The second kappa shape index (κ2) is 10.6. The van der Waals surface area contributed by atoms with Crippen molar-refractivity contribution >= 4 is 5.91 Å². The molecule has 0 fully saturated rings. The molecule has 4 N–H and O–H groups in total. The van der Waals surface area contributed by atoms with Gasteiger partial charge >= 0.3 is 0 Å².